The number of nitrogen functional groups attached to an aromatic ring is 1. The molecular formula is C21H27N5O4. The summed E-state index contributed by atoms with van der Waals surface area (Å²) in [4.78, 5) is 43.3. The number of hydrogen-bond acceptors (Lipinski definition) is 7. The van der Waals surface area contributed by atoms with E-state index in [0.717, 1.165) is 0 Å². The Morgan fingerprint density at radius 1 is 1.17 bits per heavy atom. The van der Waals surface area contributed by atoms with Gasteiger partial charge in [0.2, 0.25) is 17.7 Å². The molecule has 0 aliphatic heterocycles. The summed E-state index contributed by atoms with van der Waals surface area (Å²) in [6.07, 6.45) is 0. The number of hydrogen-bond donors (Lipinski definition) is 3. The van der Waals surface area contributed by atoms with E-state index in [1.807, 2.05) is 20.8 Å². The largest absolute Gasteiger partial charge is 0.398 e. The number of nitrogens with two attached hydrogens (primary N) is 1. The maximum Gasteiger partial charge on any atom is 0.225 e. The second kappa shape index (κ2) is 7.55. The lowest BCUT2D eigenvalue weighted by Crippen LogP contribution is -2.43. The van der Waals surface area contributed by atoms with Crippen molar-refractivity contribution in [1.29, 1.82) is 0 Å². The fraction of sp³-hybridized carbons (Fsp3) is 0.476. The number of ketones is 1. The van der Waals surface area contributed by atoms with Gasteiger partial charge in [0.1, 0.15) is 0 Å². The van der Waals surface area contributed by atoms with Gasteiger partial charge in [0.25, 0.3) is 0 Å². The minimum Gasteiger partial charge on any atom is -0.398 e. The fourth-order valence-corrected chi connectivity index (χ4v) is 3.77. The van der Waals surface area contributed by atoms with Crippen LogP contribution in [0.4, 0.5) is 5.69 Å². The maximum absolute atomic E-state index is 13.3. The molecule has 9 nitrogen and oxygen atoms in total. The topological polar surface area (TPSA) is 140 Å². The van der Waals surface area contributed by atoms with E-state index in [0.29, 0.717) is 23.0 Å². The number of nitrogens with zero attached hydrogens (tertiary/aromatic N) is 2. The molecule has 1 aliphatic carbocycles. The molecule has 0 bridgehead atoms. The molecule has 9 heteroatoms. The first kappa shape index (κ1) is 21.5. The van der Waals surface area contributed by atoms with Gasteiger partial charge in [-0.05, 0) is 32.9 Å². The van der Waals surface area contributed by atoms with Gasteiger partial charge in [0.05, 0.1) is 23.8 Å². The van der Waals surface area contributed by atoms with E-state index in [1.54, 1.807) is 38.1 Å². The highest BCUT2D eigenvalue weighted by molar-refractivity contribution is 6.14. The normalized spacial score (nSPS) is 23.0. The van der Waals surface area contributed by atoms with Crippen molar-refractivity contribution in [3.05, 3.63) is 41.5 Å². The predicted octanol–water partition coefficient (Wildman–Crippen LogP) is 1.63. The first-order chi connectivity index (χ1) is 13.9. The number of anilines is 1. The van der Waals surface area contributed by atoms with Crippen LogP contribution in [-0.4, -0.2) is 33.3 Å². The number of nitrogens with one attached hydrogen (secondary N) is 2. The van der Waals surface area contributed by atoms with Crippen LogP contribution in [0, 0.1) is 24.2 Å². The molecule has 160 valence electrons. The minimum absolute atomic E-state index is 0.0397. The van der Waals surface area contributed by atoms with Crippen molar-refractivity contribution in [2.45, 2.75) is 46.7 Å². The summed E-state index contributed by atoms with van der Waals surface area (Å²) in [7, 11) is 0. The molecule has 3 rings (SSSR count). The predicted molar refractivity (Wildman–Crippen MR) is 109 cm³/mol. The van der Waals surface area contributed by atoms with Gasteiger partial charge >= 0.3 is 0 Å². The summed E-state index contributed by atoms with van der Waals surface area (Å²) in [5.74, 6) is -2.04. The SMILES string of the molecule is Cc1nc(CNC(=O)[C@@H]2[C@H](C(=O)NC(C)(C)C)[C@]2(C)C(=O)c2ccccc2N)no1. The van der Waals surface area contributed by atoms with Gasteiger partial charge in [-0.25, -0.2) is 0 Å². The highest BCUT2D eigenvalue weighted by Crippen LogP contribution is 2.61. The van der Waals surface area contributed by atoms with Gasteiger partial charge in [-0.15, -0.1) is 0 Å². The Morgan fingerprint density at radius 2 is 1.80 bits per heavy atom. The standard InChI is InChI=1S/C21H27N5O4/c1-11-24-14(26-30-11)10-23-18(28)15-16(19(29)25-20(2,3)4)21(15,5)17(27)12-8-6-7-9-13(12)22/h6-9,15-16H,10,22H2,1-5H3,(H,23,28)(H,25,29)/t15-,16+,21+/m0/s1. The van der Waals surface area contributed by atoms with E-state index in [1.165, 1.54) is 0 Å². The van der Waals surface area contributed by atoms with Crippen LogP contribution in [0.1, 0.15) is 49.8 Å². The molecule has 1 fully saturated rings. The van der Waals surface area contributed by atoms with Crippen LogP contribution in [0.15, 0.2) is 28.8 Å². The molecule has 0 unspecified atom stereocenters. The van der Waals surface area contributed by atoms with Crippen LogP contribution < -0.4 is 16.4 Å². The number of carbonyl (C=O) groups is 3. The average molecular weight is 413 g/mol. The molecule has 1 aromatic heterocycles. The molecule has 1 heterocycles. The lowest BCUT2D eigenvalue weighted by atomic mass is 9.91. The second-order valence-electron chi connectivity index (χ2n) is 8.84. The molecule has 0 radical (unpaired) electrons. The molecule has 0 saturated heterocycles. The zero-order chi connectivity index (χ0) is 22.3. The summed E-state index contributed by atoms with van der Waals surface area (Å²) in [6.45, 7) is 8.85. The number of rotatable bonds is 6. The molecule has 1 aliphatic rings. The quantitative estimate of drug-likeness (QED) is 0.483. The summed E-state index contributed by atoms with van der Waals surface area (Å²) in [5, 5.41) is 9.32. The van der Waals surface area contributed by atoms with Crippen LogP contribution in [0.25, 0.3) is 0 Å². The molecule has 4 N–H and O–H groups in total. The molecule has 2 aromatic rings. The van der Waals surface area contributed by atoms with E-state index in [9.17, 15) is 14.4 Å². The molecule has 0 spiro atoms. The van der Waals surface area contributed by atoms with E-state index in [2.05, 4.69) is 20.8 Å². The molecule has 1 aromatic carbocycles. The van der Waals surface area contributed by atoms with E-state index in [4.69, 9.17) is 10.3 Å². The number of para-hydroxylation sites is 1. The highest BCUT2D eigenvalue weighted by Gasteiger charge is 2.72. The summed E-state index contributed by atoms with van der Waals surface area (Å²) in [5.41, 5.74) is 4.89. The van der Waals surface area contributed by atoms with Crippen molar-refractivity contribution >= 4 is 23.3 Å². The third kappa shape index (κ3) is 4.05. The third-order valence-electron chi connectivity index (χ3n) is 5.26. The Hall–Kier alpha value is -3.23. The Labute approximate surface area is 174 Å². The van der Waals surface area contributed by atoms with E-state index < -0.39 is 28.7 Å². The Kier molecular flexibility index (Phi) is 5.40. The number of aromatic nitrogens is 2. The monoisotopic (exact) mass is 413 g/mol. The van der Waals surface area contributed by atoms with Crippen molar-refractivity contribution < 1.29 is 18.9 Å². The minimum atomic E-state index is -1.21. The van der Waals surface area contributed by atoms with Gasteiger partial charge in [0.15, 0.2) is 11.6 Å². The van der Waals surface area contributed by atoms with Crippen LogP contribution >= 0.6 is 0 Å². The van der Waals surface area contributed by atoms with Gasteiger partial charge in [0, 0.05) is 23.7 Å². The Morgan fingerprint density at radius 3 is 2.37 bits per heavy atom. The number of carbonyl (C=O) groups excluding carboxylic acids is 3. The highest BCUT2D eigenvalue weighted by atomic mass is 16.5. The van der Waals surface area contributed by atoms with Crippen LogP contribution in [-0.2, 0) is 16.1 Å². The lowest BCUT2D eigenvalue weighted by Gasteiger charge is -2.21. The first-order valence-corrected chi connectivity index (χ1v) is 9.73. The lowest BCUT2D eigenvalue weighted by molar-refractivity contribution is -0.128. The Balaban J connectivity index is 1.85. The summed E-state index contributed by atoms with van der Waals surface area (Å²) < 4.78 is 4.89. The van der Waals surface area contributed by atoms with Crippen LogP contribution in [0.5, 0.6) is 0 Å². The van der Waals surface area contributed by atoms with Crippen molar-refractivity contribution in [3.63, 3.8) is 0 Å². The smallest absolute Gasteiger partial charge is 0.225 e. The van der Waals surface area contributed by atoms with Crippen molar-refractivity contribution in [2.24, 2.45) is 17.3 Å². The number of aryl methyl sites for hydroxylation is 1. The van der Waals surface area contributed by atoms with Gasteiger partial charge in [-0.2, -0.15) is 4.98 Å². The molecule has 3 atom stereocenters. The molecule has 30 heavy (non-hydrogen) atoms. The van der Waals surface area contributed by atoms with Crippen molar-refractivity contribution in [3.8, 4) is 0 Å². The molecule has 1 saturated carbocycles. The van der Waals surface area contributed by atoms with Gasteiger partial charge in [-0.1, -0.05) is 24.2 Å². The Bertz CT molecular complexity index is 993. The molecule has 2 amide bonds. The third-order valence-corrected chi connectivity index (χ3v) is 5.26. The average Bonchev–Trinajstić information content (AvgIpc) is 3.09. The fourth-order valence-electron chi connectivity index (χ4n) is 3.77. The van der Waals surface area contributed by atoms with E-state index >= 15 is 0 Å². The summed E-state index contributed by atoms with van der Waals surface area (Å²) >= 11 is 0. The number of benzene rings is 1. The van der Waals surface area contributed by atoms with E-state index in [-0.39, 0.29) is 18.2 Å². The van der Waals surface area contributed by atoms with Gasteiger partial charge < -0.3 is 20.9 Å². The maximum atomic E-state index is 13.3. The zero-order valence-corrected chi connectivity index (χ0v) is 17.8. The second-order valence-corrected chi connectivity index (χ2v) is 8.84. The zero-order valence-electron chi connectivity index (χ0n) is 17.8. The number of Topliss-reactive ketones (excluding diaryl/α,β-unsaturated/α-hetero) is 1. The van der Waals surface area contributed by atoms with Crippen LogP contribution in [0.2, 0.25) is 0 Å². The number of amides is 2. The van der Waals surface area contributed by atoms with Crippen molar-refractivity contribution in [1.82, 2.24) is 20.8 Å². The van der Waals surface area contributed by atoms with Crippen LogP contribution in [0.3, 0.4) is 0 Å². The first-order valence-electron chi connectivity index (χ1n) is 9.73. The van der Waals surface area contributed by atoms with Crippen molar-refractivity contribution in [2.75, 3.05) is 5.73 Å². The molecular weight excluding hydrogens is 386 g/mol. The van der Waals surface area contributed by atoms with Gasteiger partial charge in [-0.3, -0.25) is 14.4 Å². The summed E-state index contributed by atoms with van der Waals surface area (Å²) in [6, 6.07) is 6.66.